The molecule has 1 heterocycles. The minimum Gasteiger partial charge on any atom is -0.357 e. The number of pyridine rings is 1. The van der Waals surface area contributed by atoms with Crippen molar-refractivity contribution in [1.29, 1.82) is 0 Å². The van der Waals surface area contributed by atoms with E-state index in [1.165, 1.54) is 0 Å². The molecule has 0 fully saturated rings. The van der Waals surface area contributed by atoms with Gasteiger partial charge in [0.1, 0.15) is 0 Å². The summed E-state index contributed by atoms with van der Waals surface area (Å²) in [5, 5.41) is 6.61. The molecule has 0 aliphatic carbocycles. The third-order valence-corrected chi connectivity index (χ3v) is 3.08. The molecule has 20 heavy (non-hydrogen) atoms. The molecule has 0 aromatic carbocycles. The smallest absolute Gasteiger partial charge is 0.191 e. The van der Waals surface area contributed by atoms with Gasteiger partial charge in [-0.1, -0.05) is 19.9 Å². The molecule has 0 radical (unpaired) electrons. The molecule has 0 saturated carbocycles. The summed E-state index contributed by atoms with van der Waals surface area (Å²) >= 11 is 0. The van der Waals surface area contributed by atoms with Crippen LogP contribution >= 0.6 is 0 Å². The molecule has 1 rings (SSSR count). The third-order valence-electron chi connectivity index (χ3n) is 3.08. The van der Waals surface area contributed by atoms with Crippen molar-refractivity contribution in [1.82, 2.24) is 20.5 Å². The molecule has 0 aliphatic rings. The number of hydrogen-bond acceptors (Lipinski definition) is 3. The number of nitrogens with zero attached hydrogens (tertiary/aromatic N) is 3. The number of guanidine groups is 1. The van der Waals surface area contributed by atoms with Crippen molar-refractivity contribution in [2.24, 2.45) is 4.99 Å². The predicted molar refractivity (Wildman–Crippen MR) is 84.8 cm³/mol. The maximum Gasteiger partial charge on any atom is 0.191 e. The van der Waals surface area contributed by atoms with E-state index in [2.05, 4.69) is 46.3 Å². The second kappa shape index (κ2) is 10.2. The van der Waals surface area contributed by atoms with E-state index >= 15 is 0 Å². The highest BCUT2D eigenvalue weighted by atomic mass is 15.2. The van der Waals surface area contributed by atoms with Crippen molar-refractivity contribution in [2.75, 3.05) is 32.7 Å². The van der Waals surface area contributed by atoms with Gasteiger partial charge in [-0.05, 0) is 32.1 Å². The highest BCUT2D eigenvalue weighted by Crippen LogP contribution is 1.95. The van der Waals surface area contributed by atoms with Crippen LogP contribution in [-0.4, -0.2) is 48.6 Å². The lowest BCUT2D eigenvalue weighted by atomic mass is 10.3. The van der Waals surface area contributed by atoms with E-state index in [0.717, 1.165) is 44.4 Å². The fraction of sp³-hybridized carbons (Fsp3) is 0.600. The lowest BCUT2D eigenvalue weighted by Gasteiger charge is -2.19. The SMILES string of the molecule is CCNC(=NCc1ccccn1)NCCN(CC)CC. The topological polar surface area (TPSA) is 52.6 Å². The minimum atomic E-state index is 0.599. The van der Waals surface area contributed by atoms with Crippen LogP contribution in [0, 0.1) is 0 Å². The van der Waals surface area contributed by atoms with Crippen LogP contribution in [0.15, 0.2) is 29.4 Å². The van der Waals surface area contributed by atoms with Crippen LogP contribution < -0.4 is 10.6 Å². The van der Waals surface area contributed by atoms with Crippen molar-refractivity contribution in [2.45, 2.75) is 27.3 Å². The Labute approximate surface area is 122 Å². The zero-order chi connectivity index (χ0) is 14.6. The zero-order valence-electron chi connectivity index (χ0n) is 12.9. The summed E-state index contributed by atoms with van der Waals surface area (Å²) in [4.78, 5) is 11.2. The Kier molecular flexibility index (Phi) is 8.38. The Hall–Kier alpha value is -1.62. The van der Waals surface area contributed by atoms with Crippen molar-refractivity contribution in [3.8, 4) is 0 Å². The molecule has 0 unspecified atom stereocenters. The second-order valence-electron chi connectivity index (χ2n) is 4.47. The summed E-state index contributed by atoms with van der Waals surface area (Å²) in [6, 6.07) is 5.89. The monoisotopic (exact) mass is 277 g/mol. The third kappa shape index (κ3) is 6.52. The molecule has 5 heteroatoms. The molecule has 112 valence electrons. The molecule has 0 saturated heterocycles. The molecule has 1 aromatic heterocycles. The van der Waals surface area contributed by atoms with Crippen molar-refractivity contribution in [3.63, 3.8) is 0 Å². The first-order valence-electron chi connectivity index (χ1n) is 7.44. The molecule has 0 atom stereocenters. The van der Waals surface area contributed by atoms with Crippen LogP contribution in [0.2, 0.25) is 0 Å². The summed E-state index contributed by atoms with van der Waals surface area (Å²) in [5.74, 6) is 0.852. The van der Waals surface area contributed by atoms with Gasteiger partial charge in [-0.2, -0.15) is 0 Å². The van der Waals surface area contributed by atoms with Gasteiger partial charge in [0, 0.05) is 25.8 Å². The maximum atomic E-state index is 4.55. The summed E-state index contributed by atoms with van der Waals surface area (Å²) in [6.45, 7) is 12.0. The van der Waals surface area contributed by atoms with Gasteiger partial charge in [0.25, 0.3) is 0 Å². The molecular formula is C15H27N5. The van der Waals surface area contributed by atoms with Gasteiger partial charge in [0.15, 0.2) is 5.96 Å². The van der Waals surface area contributed by atoms with Crippen LogP contribution in [-0.2, 0) is 6.54 Å². The van der Waals surface area contributed by atoms with Crippen LogP contribution in [0.5, 0.6) is 0 Å². The number of aliphatic imine (C=N–C) groups is 1. The first kappa shape index (κ1) is 16.4. The number of likely N-dealkylation sites (N-methyl/N-ethyl adjacent to an activating group) is 1. The van der Waals surface area contributed by atoms with E-state index in [-0.39, 0.29) is 0 Å². The summed E-state index contributed by atoms with van der Waals surface area (Å²) in [6.07, 6.45) is 1.80. The summed E-state index contributed by atoms with van der Waals surface area (Å²) in [5.41, 5.74) is 0.980. The maximum absolute atomic E-state index is 4.55. The van der Waals surface area contributed by atoms with Crippen LogP contribution in [0.3, 0.4) is 0 Å². The molecule has 5 nitrogen and oxygen atoms in total. The Balaban J connectivity index is 2.43. The Morgan fingerprint density at radius 1 is 1.20 bits per heavy atom. The minimum absolute atomic E-state index is 0.599. The molecule has 1 aromatic rings. The highest BCUT2D eigenvalue weighted by molar-refractivity contribution is 5.79. The number of rotatable bonds is 8. The fourth-order valence-electron chi connectivity index (χ4n) is 1.87. The first-order chi connectivity index (χ1) is 9.80. The van der Waals surface area contributed by atoms with E-state index in [9.17, 15) is 0 Å². The van der Waals surface area contributed by atoms with E-state index in [1.54, 1.807) is 6.20 Å². The fourth-order valence-corrected chi connectivity index (χ4v) is 1.87. The van der Waals surface area contributed by atoms with Crippen molar-refractivity contribution >= 4 is 5.96 Å². The van der Waals surface area contributed by atoms with Gasteiger partial charge >= 0.3 is 0 Å². The summed E-state index contributed by atoms with van der Waals surface area (Å²) < 4.78 is 0. The number of aromatic nitrogens is 1. The molecule has 0 bridgehead atoms. The predicted octanol–water partition coefficient (Wildman–Crippen LogP) is 1.48. The van der Waals surface area contributed by atoms with Crippen molar-refractivity contribution < 1.29 is 0 Å². The zero-order valence-corrected chi connectivity index (χ0v) is 12.9. The molecule has 0 spiro atoms. The van der Waals surface area contributed by atoms with E-state index in [1.807, 2.05) is 18.2 Å². The summed E-state index contributed by atoms with van der Waals surface area (Å²) in [7, 11) is 0. The molecule has 2 N–H and O–H groups in total. The average Bonchev–Trinajstić information content (AvgIpc) is 2.50. The van der Waals surface area contributed by atoms with Crippen LogP contribution in [0.4, 0.5) is 0 Å². The van der Waals surface area contributed by atoms with Gasteiger partial charge in [0.2, 0.25) is 0 Å². The molecular weight excluding hydrogens is 250 g/mol. The standard InChI is InChI=1S/C15H27N5/c1-4-16-15(18-11-12-20(5-2)6-3)19-13-14-9-7-8-10-17-14/h7-10H,4-6,11-13H2,1-3H3,(H2,16,18,19). The van der Waals surface area contributed by atoms with E-state index in [4.69, 9.17) is 0 Å². The largest absolute Gasteiger partial charge is 0.357 e. The lowest BCUT2D eigenvalue weighted by molar-refractivity contribution is 0.308. The van der Waals surface area contributed by atoms with Gasteiger partial charge < -0.3 is 15.5 Å². The molecule has 0 amide bonds. The van der Waals surface area contributed by atoms with Gasteiger partial charge in [-0.25, -0.2) is 4.99 Å². The Bertz CT molecular complexity index is 373. The normalized spacial score (nSPS) is 11.7. The van der Waals surface area contributed by atoms with E-state index < -0.39 is 0 Å². The lowest BCUT2D eigenvalue weighted by Crippen LogP contribution is -2.41. The van der Waals surface area contributed by atoms with Gasteiger partial charge in [0.05, 0.1) is 12.2 Å². The van der Waals surface area contributed by atoms with E-state index in [0.29, 0.717) is 6.54 Å². The number of nitrogens with one attached hydrogen (secondary N) is 2. The Morgan fingerprint density at radius 2 is 2.00 bits per heavy atom. The second-order valence-corrected chi connectivity index (χ2v) is 4.47. The molecule has 0 aliphatic heterocycles. The van der Waals surface area contributed by atoms with Crippen LogP contribution in [0.1, 0.15) is 26.5 Å². The van der Waals surface area contributed by atoms with Crippen LogP contribution in [0.25, 0.3) is 0 Å². The Morgan fingerprint density at radius 3 is 2.60 bits per heavy atom. The quantitative estimate of drug-likeness (QED) is 0.558. The highest BCUT2D eigenvalue weighted by Gasteiger charge is 2.00. The van der Waals surface area contributed by atoms with Gasteiger partial charge in [-0.3, -0.25) is 4.98 Å². The number of hydrogen-bond donors (Lipinski definition) is 2. The average molecular weight is 277 g/mol. The first-order valence-corrected chi connectivity index (χ1v) is 7.44. The van der Waals surface area contributed by atoms with Gasteiger partial charge in [-0.15, -0.1) is 0 Å². The van der Waals surface area contributed by atoms with Crippen molar-refractivity contribution in [3.05, 3.63) is 30.1 Å².